The maximum Gasteiger partial charge on any atom is 0.504 e. The van der Waals surface area contributed by atoms with Crippen molar-refractivity contribution in [1.29, 1.82) is 0 Å². The highest BCUT2D eigenvalue weighted by atomic mass is 16.5. The maximum atomic E-state index is 9.37. The van der Waals surface area contributed by atoms with Gasteiger partial charge in [-0.2, -0.15) is 0 Å². The average Bonchev–Trinajstić information content (AvgIpc) is 3.24. The number of hydrogen-bond acceptors (Lipinski definition) is 3. The highest BCUT2D eigenvalue weighted by molar-refractivity contribution is 6.23. The zero-order valence-corrected chi connectivity index (χ0v) is 17.3. The molecule has 32 heavy (non-hydrogen) atoms. The molecular formula is C28H19BO3. The van der Waals surface area contributed by atoms with Crippen LogP contribution in [-0.2, 0) is 0 Å². The van der Waals surface area contributed by atoms with E-state index in [1.54, 1.807) is 0 Å². The minimum atomic E-state index is -0.401. The third-order valence-corrected chi connectivity index (χ3v) is 5.95. The first-order chi connectivity index (χ1) is 15.8. The Morgan fingerprint density at radius 2 is 1.34 bits per heavy atom. The van der Waals surface area contributed by atoms with Crippen molar-refractivity contribution in [3.05, 3.63) is 103 Å². The van der Waals surface area contributed by atoms with Crippen LogP contribution in [-0.4, -0.2) is 12.7 Å². The van der Waals surface area contributed by atoms with Crippen molar-refractivity contribution in [2.45, 2.75) is 0 Å². The van der Waals surface area contributed by atoms with E-state index in [0.717, 1.165) is 38.3 Å². The summed E-state index contributed by atoms with van der Waals surface area (Å²) in [4.78, 5) is 0. The molecule has 3 nitrogen and oxygen atoms in total. The second-order valence-corrected chi connectivity index (χ2v) is 7.83. The van der Waals surface area contributed by atoms with Crippen LogP contribution in [0.1, 0.15) is 0 Å². The van der Waals surface area contributed by atoms with Crippen LogP contribution in [0.4, 0.5) is 0 Å². The molecule has 4 heteroatoms. The van der Waals surface area contributed by atoms with Crippen LogP contribution >= 0.6 is 0 Å². The Morgan fingerprint density at radius 1 is 0.625 bits per heavy atom. The van der Waals surface area contributed by atoms with Crippen LogP contribution in [0, 0.1) is 0 Å². The number of fused-ring (bicyclic) bond motifs is 5. The molecule has 0 aliphatic rings. The number of rotatable bonds is 4. The standard InChI is InChI=1S/C28H19BO3/c30-29-32-26-17-22-9-4-5-12-23(22)27-24-16-21(13-14-25(24)31-28(26)27)20-11-6-10-19(15-20)18-7-2-1-3-8-18/h1-17,29-30H. The van der Waals surface area contributed by atoms with Crippen molar-refractivity contribution >= 4 is 40.4 Å². The second kappa shape index (κ2) is 7.59. The summed E-state index contributed by atoms with van der Waals surface area (Å²) in [7, 11) is -0.401. The molecule has 0 radical (unpaired) electrons. The Bertz CT molecular complexity index is 1590. The highest BCUT2D eigenvalue weighted by Crippen LogP contribution is 2.41. The minimum Gasteiger partial charge on any atom is -0.536 e. The lowest BCUT2D eigenvalue weighted by atomic mass is 9.97. The van der Waals surface area contributed by atoms with Gasteiger partial charge in [0.2, 0.25) is 0 Å². The third kappa shape index (κ3) is 3.05. The van der Waals surface area contributed by atoms with Gasteiger partial charge in [0.15, 0.2) is 5.58 Å². The van der Waals surface area contributed by atoms with Gasteiger partial charge in [0.25, 0.3) is 0 Å². The first-order valence-electron chi connectivity index (χ1n) is 10.6. The van der Waals surface area contributed by atoms with Crippen molar-refractivity contribution in [1.82, 2.24) is 0 Å². The molecule has 6 aromatic rings. The molecule has 0 atom stereocenters. The van der Waals surface area contributed by atoms with E-state index in [-0.39, 0.29) is 0 Å². The lowest BCUT2D eigenvalue weighted by molar-refractivity contribution is 0.451. The van der Waals surface area contributed by atoms with E-state index >= 15 is 0 Å². The predicted octanol–water partition coefficient (Wildman–Crippen LogP) is 6.71. The summed E-state index contributed by atoms with van der Waals surface area (Å²) in [6, 6.07) is 35.3. The summed E-state index contributed by atoms with van der Waals surface area (Å²) < 4.78 is 11.7. The van der Waals surface area contributed by atoms with Crippen molar-refractivity contribution < 1.29 is 14.1 Å². The Kier molecular flexibility index (Phi) is 4.44. The lowest BCUT2D eigenvalue weighted by Gasteiger charge is -2.07. The van der Waals surface area contributed by atoms with Crippen LogP contribution in [0.15, 0.2) is 108 Å². The zero-order chi connectivity index (χ0) is 21.5. The van der Waals surface area contributed by atoms with Crippen LogP contribution in [0.2, 0.25) is 0 Å². The Morgan fingerprint density at radius 3 is 2.19 bits per heavy atom. The SMILES string of the molecule is OBOc1cc2ccccc2c2c1oc1ccc(-c3cccc(-c4ccccc4)c3)cc12. The maximum absolute atomic E-state index is 9.37. The molecule has 1 N–H and O–H groups in total. The molecule has 152 valence electrons. The van der Waals surface area contributed by atoms with Gasteiger partial charge in [-0.3, -0.25) is 0 Å². The van der Waals surface area contributed by atoms with Crippen LogP contribution < -0.4 is 4.65 Å². The molecule has 0 unspecified atom stereocenters. The molecule has 0 spiro atoms. The molecule has 6 rings (SSSR count). The van der Waals surface area contributed by atoms with Crippen LogP contribution in [0.5, 0.6) is 5.75 Å². The smallest absolute Gasteiger partial charge is 0.504 e. The molecule has 0 aliphatic carbocycles. The van der Waals surface area contributed by atoms with Crippen molar-refractivity contribution in [3.63, 3.8) is 0 Å². The average molecular weight is 414 g/mol. The van der Waals surface area contributed by atoms with E-state index in [4.69, 9.17) is 9.07 Å². The van der Waals surface area contributed by atoms with E-state index in [1.807, 2.05) is 36.4 Å². The summed E-state index contributed by atoms with van der Waals surface area (Å²) in [5.74, 6) is 0.546. The molecule has 0 saturated carbocycles. The van der Waals surface area contributed by atoms with Gasteiger partial charge >= 0.3 is 7.69 Å². The molecule has 0 amide bonds. The van der Waals surface area contributed by atoms with Gasteiger partial charge in [-0.1, -0.05) is 78.9 Å². The van der Waals surface area contributed by atoms with Gasteiger partial charge in [0.1, 0.15) is 11.3 Å². The molecule has 0 fully saturated rings. The Hall–Kier alpha value is -4.02. The Labute approximate surface area is 185 Å². The zero-order valence-electron chi connectivity index (χ0n) is 17.3. The van der Waals surface area contributed by atoms with Gasteiger partial charge in [-0.15, -0.1) is 0 Å². The summed E-state index contributed by atoms with van der Waals surface area (Å²) in [5, 5.41) is 13.6. The fraction of sp³-hybridized carbons (Fsp3) is 0. The monoisotopic (exact) mass is 414 g/mol. The largest absolute Gasteiger partial charge is 0.536 e. The third-order valence-electron chi connectivity index (χ3n) is 5.95. The number of benzene rings is 5. The van der Waals surface area contributed by atoms with Crippen molar-refractivity contribution in [2.24, 2.45) is 0 Å². The van der Waals surface area contributed by atoms with Gasteiger partial charge in [-0.25, -0.2) is 0 Å². The van der Waals surface area contributed by atoms with Gasteiger partial charge in [-0.05, 0) is 57.3 Å². The predicted molar refractivity (Wildman–Crippen MR) is 132 cm³/mol. The summed E-state index contributed by atoms with van der Waals surface area (Å²) in [5.41, 5.74) is 6.10. The quantitative estimate of drug-likeness (QED) is 0.326. The van der Waals surface area contributed by atoms with E-state index in [0.29, 0.717) is 11.3 Å². The molecule has 5 aromatic carbocycles. The van der Waals surface area contributed by atoms with E-state index in [1.165, 1.54) is 11.1 Å². The summed E-state index contributed by atoms with van der Waals surface area (Å²) in [6.45, 7) is 0. The van der Waals surface area contributed by atoms with Gasteiger partial charge < -0.3 is 14.1 Å². The number of hydrogen-bond donors (Lipinski definition) is 1. The summed E-state index contributed by atoms with van der Waals surface area (Å²) >= 11 is 0. The van der Waals surface area contributed by atoms with Gasteiger partial charge in [0, 0.05) is 10.8 Å². The molecule has 0 saturated heterocycles. The fourth-order valence-corrected chi connectivity index (χ4v) is 4.46. The molecular weight excluding hydrogens is 395 g/mol. The first-order valence-corrected chi connectivity index (χ1v) is 10.6. The van der Waals surface area contributed by atoms with Crippen LogP contribution in [0.3, 0.4) is 0 Å². The topological polar surface area (TPSA) is 42.6 Å². The van der Waals surface area contributed by atoms with Gasteiger partial charge in [0.05, 0.1) is 0 Å². The molecule has 1 aromatic heterocycles. The number of furan rings is 1. The van der Waals surface area contributed by atoms with E-state index in [9.17, 15) is 5.02 Å². The Balaban J connectivity index is 1.59. The van der Waals surface area contributed by atoms with E-state index < -0.39 is 7.69 Å². The van der Waals surface area contributed by atoms with Crippen LogP contribution in [0.25, 0.3) is 55.0 Å². The molecule has 0 aliphatic heterocycles. The van der Waals surface area contributed by atoms with Crippen molar-refractivity contribution in [3.8, 4) is 28.0 Å². The molecule has 1 heterocycles. The highest BCUT2D eigenvalue weighted by Gasteiger charge is 2.16. The molecule has 0 bridgehead atoms. The fourth-order valence-electron chi connectivity index (χ4n) is 4.46. The first kappa shape index (κ1) is 18.7. The minimum absolute atomic E-state index is 0.401. The lowest BCUT2D eigenvalue weighted by Crippen LogP contribution is -1.99. The normalized spacial score (nSPS) is 11.3. The summed E-state index contributed by atoms with van der Waals surface area (Å²) in [6.07, 6.45) is 0. The van der Waals surface area contributed by atoms with E-state index in [2.05, 4.69) is 66.7 Å². The van der Waals surface area contributed by atoms with Crippen molar-refractivity contribution in [2.75, 3.05) is 0 Å². The second-order valence-electron chi connectivity index (χ2n) is 7.83.